The summed E-state index contributed by atoms with van der Waals surface area (Å²) in [5.74, 6) is -0.263. The minimum atomic E-state index is -4.72. The van der Waals surface area contributed by atoms with E-state index in [1.165, 1.54) is 12.1 Å². The lowest BCUT2D eigenvalue weighted by Gasteiger charge is -2.40. The first-order chi connectivity index (χ1) is 14.2. The van der Waals surface area contributed by atoms with Crippen molar-refractivity contribution in [3.63, 3.8) is 0 Å². The fourth-order valence-corrected chi connectivity index (χ4v) is 4.97. The molecule has 0 bridgehead atoms. The van der Waals surface area contributed by atoms with Crippen LogP contribution in [-0.2, 0) is 22.5 Å². The van der Waals surface area contributed by atoms with Gasteiger partial charge in [0.2, 0.25) is 0 Å². The van der Waals surface area contributed by atoms with Gasteiger partial charge in [0.15, 0.2) is 0 Å². The third-order valence-electron chi connectivity index (χ3n) is 4.77. The van der Waals surface area contributed by atoms with E-state index < -0.39 is 17.3 Å². The second-order valence-electron chi connectivity index (χ2n) is 7.15. The van der Waals surface area contributed by atoms with Gasteiger partial charge in [0.05, 0.1) is 4.90 Å². The number of hydrogen-bond donors (Lipinski definition) is 1. The summed E-state index contributed by atoms with van der Waals surface area (Å²) in [6.45, 7) is 5.50. The van der Waals surface area contributed by atoms with Gasteiger partial charge in [-0.2, -0.15) is 0 Å². The van der Waals surface area contributed by atoms with Crippen molar-refractivity contribution in [2.45, 2.75) is 37.8 Å². The molecule has 0 spiro atoms. The zero-order valence-corrected chi connectivity index (χ0v) is 17.4. The molecule has 0 radical (unpaired) electrons. The molecule has 10 heteroatoms. The molecule has 2 aromatic carbocycles. The average molecular weight is 444 g/mol. The van der Waals surface area contributed by atoms with Crippen molar-refractivity contribution in [2.24, 2.45) is 0 Å². The maximum atomic E-state index is 13.1. The van der Waals surface area contributed by atoms with Crippen molar-refractivity contribution >= 4 is 16.7 Å². The molecular weight excluding hydrogens is 421 g/mol. The van der Waals surface area contributed by atoms with Crippen LogP contribution in [0.25, 0.3) is 0 Å². The smallest absolute Gasteiger partial charge is 0.406 e. The zero-order chi connectivity index (χ0) is 21.9. The Hall–Kier alpha value is -2.14. The fourth-order valence-electron chi connectivity index (χ4n) is 3.53. The van der Waals surface area contributed by atoms with Gasteiger partial charge < -0.3 is 9.64 Å². The summed E-state index contributed by atoms with van der Waals surface area (Å²) < 4.78 is 55.8. The first-order valence-electron chi connectivity index (χ1n) is 9.32. The van der Waals surface area contributed by atoms with Crippen molar-refractivity contribution < 1.29 is 32.3 Å². The van der Waals surface area contributed by atoms with Gasteiger partial charge in [0, 0.05) is 31.4 Å². The van der Waals surface area contributed by atoms with E-state index >= 15 is 0 Å². The molecule has 0 aromatic heterocycles. The molecule has 1 fully saturated rings. The summed E-state index contributed by atoms with van der Waals surface area (Å²) in [4.78, 5) is 6.89. The van der Waals surface area contributed by atoms with Crippen molar-refractivity contribution in [3.05, 3.63) is 53.6 Å². The predicted octanol–water partition coefficient (Wildman–Crippen LogP) is 4.12. The highest BCUT2D eigenvalue weighted by atomic mass is 32.2. The van der Waals surface area contributed by atoms with Gasteiger partial charge in [-0.3, -0.25) is 5.26 Å². The second kappa shape index (κ2) is 9.34. The molecular formula is C20H23F3N2O4S. The summed E-state index contributed by atoms with van der Waals surface area (Å²) in [6.07, 6.45) is -4.72. The van der Waals surface area contributed by atoms with E-state index in [1.807, 2.05) is 30.3 Å². The van der Waals surface area contributed by atoms with E-state index in [2.05, 4.69) is 14.5 Å². The Balaban J connectivity index is 1.67. The highest BCUT2D eigenvalue weighted by molar-refractivity contribution is 7.82. The molecule has 1 aliphatic heterocycles. The number of aryl methyl sites for hydroxylation is 1. The minimum absolute atomic E-state index is 0.00198. The van der Waals surface area contributed by atoms with Crippen LogP contribution >= 0.6 is 0 Å². The van der Waals surface area contributed by atoms with E-state index in [0.29, 0.717) is 24.5 Å². The Morgan fingerprint density at radius 3 is 2.47 bits per heavy atom. The number of hydrogen-bond acceptors (Lipinski definition) is 5. The normalized spacial score (nSPS) is 19.0. The lowest BCUT2D eigenvalue weighted by molar-refractivity contribution is -0.274. The van der Waals surface area contributed by atoms with Crippen LogP contribution in [0.1, 0.15) is 18.1 Å². The van der Waals surface area contributed by atoms with Gasteiger partial charge in [-0.15, -0.1) is 13.2 Å². The lowest BCUT2D eigenvalue weighted by Crippen LogP contribution is -2.52. The largest absolute Gasteiger partial charge is 0.573 e. The van der Waals surface area contributed by atoms with Crippen LogP contribution in [-0.4, -0.2) is 45.8 Å². The number of ether oxygens (including phenoxy) is 1. The topological polar surface area (TPSA) is 62.2 Å². The Morgan fingerprint density at radius 1 is 1.17 bits per heavy atom. The quantitative estimate of drug-likeness (QED) is 0.537. The molecule has 1 N–H and O–H groups in total. The van der Waals surface area contributed by atoms with Gasteiger partial charge >= 0.3 is 6.36 Å². The van der Waals surface area contributed by atoms with Gasteiger partial charge in [0.1, 0.15) is 23.3 Å². The first kappa shape index (κ1) is 22.5. The lowest BCUT2D eigenvalue weighted by atomic mass is 10.1. The third kappa shape index (κ3) is 5.72. The molecule has 164 valence electrons. The minimum Gasteiger partial charge on any atom is -0.406 e. The molecule has 0 saturated carbocycles. The van der Waals surface area contributed by atoms with Crippen LogP contribution in [0.4, 0.5) is 18.9 Å². The molecule has 0 aliphatic carbocycles. The Kier molecular flexibility index (Phi) is 7.02. The van der Waals surface area contributed by atoms with E-state index in [1.54, 1.807) is 18.2 Å². The summed E-state index contributed by atoms with van der Waals surface area (Å²) >= 11 is 0. The van der Waals surface area contributed by atoms with Gasteiger partial charge in [-0.25, -0.2) is 13.4 Å². The molecule has 2 aromatic rings. The maximum absolute atomic E-state index is 13.1. The molecule has 6 nitrogen and oxygen atoms in total. The van der Waals surface area contributed by atoms with Crippen LogP contribution in [0.3, 0.4) is 0 Å². The van der Waals surface area contributed by atoms with Gasteiger partial charge in [-0.05, 0) is 61.4 Å². The van der Waals surface area contributed by atoms with E-state index in [9.17, 15) is 17.4 Å². The van der Waals surface area contributed by atoms with Crippen molar-refractivity contribution in [1.82, 2.24) is 4.31 Å². The summed E-state index contributed by atoms with van der Waals surface area (Å²) in [5.41, 5.74) is 2.43. The molecule has 30 heavy (non-hydrogen) atoms. The maximum Gasteiger partial charge on any atom is 0.573 e. The third-order valence-corrected chi connectivity index (χ3v) is 6.21. The number of anilines is 1. The number of alkyl halides is 3. The highest BCUT2D eigenvalue weighted by Gasteiger charge is 2.31. The number of halogens is 3. The van der Waals surface area contributed by atoms with Crippen molar-refractivity contribution in [2.75, 3.05) is 24.5 Å². The highest BCUT2D eigenvalue weighted by Crippen LogP contribution is 2.28. The number of piperazine rings is 1. The average Bonchev–Trinajstić information content (AvgIpc) is 2.67. The molecule has 2 unspecified atom stereocenters. The predicted molar refractivity (Wildman–Crippen MR) is 107 cm³/mol. The first-order valence-corrected chi connectivity index (χ1v) is 10.4. The molecule has 2 atom stereocenters. The van der Waals surface area contributed by atoms with E-state index in [-0.39, 0.29) is 18.4 Å². The van der Waals surface area contributed by atoms with Crippen LogP contribution in [0, 0.1) is 6.92 Å². The molecule has 0 amide bonds. The van der Waals surface area contributed by atoms with Crippen molar-refractivity contribution in [1.29, 1.82) is 0 Å². The monoisotopic (exact) mass is 444 g/mol. The fraction of sp³-hybridized carbons (Fsp3) is 0.400. The summed E-state index contributed by atoms with van der Waals surface area (Å²) in [5, 5.41) is 8.68. The molecule has 1 saturated heterocycles. The van der Waals surface area contributed by atoms with Crippen LogP contribution < -0.4 is 9.64 Å². The Bertz CT molecular complexity index is 893. The standard InChI is InChI=1S/C20H23F3N2O4S/c1-14-9-16(13-28-26)11-19(10-14)30(27)24-7-8-25(15(2)12-24)17-3-5-18(6-4-17)29-20(21,22)23/h3-6,9-11,15,26H,7-8,12-13H2,1-2H3. The second-order valence-corrected chi connectivity index (χ2v) is 8.64. The summed E-state index contributed by atoms with van der Waals surface area (Å²) in [7, 11) is -1.38. The summed E-state index contributed by atoms with van der Waals surface area (Å²) in [6, 6.07) is 11.2. The molecule has 1 heterocycles. The molecule has 3 rings (SSSR count). The number of rotatable bonds is 6. The van der Waals surface area contributed by atoms with Crippen LogP contribution in [0.5, 0.6) is 5.75 Å². The van der Waals surface area contributed by atoms with Crippen molar-refractivity contribution in [3.8, 4) is 5.75 Å². The van der Waals surface area contributed by atoms with Gasteiger partial charge in [0.25, 0.3) is 0 Å². The molecule has 1 aliphatic rings. The zero-order valence-electron chi connectivity index (χ0n) is 16.6. The van der Waals surface area contributed by atoms with Crippen LogP contribution in [0.15, 0.2) is 47.4 Å². The SMILES string of the molecule is Cc1cc(COO)cc(S(=O)N2CCN(c3ccc(OC(F)(F)F)cc3)C(C)C2)c1. The Morgan fingerprint density at radius 2 is 1.87 bits per heavy atom. The number of benzene rings is 2. The van der Waals surface area contributed by atoms with Crippen LogP contribution in [0.2, 0.25) is 0 Å². The van der Waals surface area contributed by atoms with Gasteiger partial charge in [-0.1, -0.05) is 6.07 Å². The number of nitrogens with zero attached hydrogens (tertiary/aromatic N) is 2. The van der Waals surface area contributed by atoms with E-state index in [4.69, 9.17) is 5.26 Å². The van der Waals surface area contributed by atoms with E-state index in [0.717, 1.165) is 16.8 Å². The Labute approximate surface area is 175 Å².